The minimum Gasteiger partial charge on any atom is -0.274 e. The molecule has 0 radical (unpaired) electrons. The highest BCUT2D eigenvalue weighted by atomic mass is 16.2. The van der Waals surface area contributed by atoms with Gasteiger partial charge in [0.05, 0.1) is 11.1 Å². The smallest absolute Gasteiger partial charge is 0.261 e. The highest BCUT2D eigenvalue weighted by molar-refractivity contribution is 6.21. The molecule has 0 saturated heterocycles. The van der Waals surface area contributed by atoms with Gasteiger partial charge in [0.1, 0.15) is 0 Å². The van der Waals surface area contributed by atoms with Crippen LogP contribution in [0.25, 0.3) is 0 Å². The van der Waals surface area contributed by atoms with E-state index in [1.165, 1.54) is 4.90 Å². The minimum atomic E-state index is -0.125. The van der Waals surface area contributed by atoms with Gasteiger partial charge in [0, 0.05) is 6.54 Å². The molecule has 2 amide bonds. The number of benzene rings is 1. The molecule has 1 fully saturated rings. The molecule has 3 nitrogen and oxygen atoms in total. The van der Waals surface area contributed by atoms with E-state index in [0.29, 0.717) is 29.5 Å². The summed E-state index contributed by atoms with van der Waals surface area (Å²) in [7, 11) is 0. The van der Waals surface area contributed by atoms with Crippen LogP contribution in [0.5, 0.6) is 0 Å². The van der Waals surface area contributed by atoms with Gasteiger partial charge in [0.2, 0.25) is 0 Å². The summed E-state index contributed by atoms with van der Waals surface area (Å²) in [4.78, 5) is 25.9. The maximum absolute atomic E-state index is 12.2. The van der Waals surface area contributed by atoms with Crippen molar-refractivity contribution in [1.82, 2.24) is 4.90 Å². The summed E-state index contributed by atoms with van der Waals surface area (Å²) in [5.74, 6) is 0.847. The van der Waals surface area contributed by atoms with E-state index in [9.17, 15) is 9.59 Å². The average Bonchev–Trinajstić information content (AvgIpc) is 3.09. The first-order chi connectivity index (χ1) is 8.89. The fraction of sp³-hybridized carbons (Fsp3) is 0.500. The largest absolute Gasteiger partial charge is 0.274 e. The van der Waals surface area contributed by atoms with E-state index in [4.69, 9.17) is 0 Å². The lowest BCUT2D eigenvalue weighted by Crippen LogP contribution is -2.32. The lowest BCUT2D eigenvalue weighted by atomic mass is 9.89. The third-order valence-corrected chi connectivity index (χ3v) is 4.33. The van der Waals surface area contributed by atoms with Crippen molar-refractivity contribution in [3.8, 4) is 0 Å². The SMILES string of the molecule is CC(C)(C)C1CC1CN1C(=O)c2ccccc2C1=O. The molecule has 3 rings (SSSR count). The van der Waals surface area contributed by atoms with Gasteiger partial charge in [-0.25, -0.2) is 0 Å². The van der Waals surface area contributed by atoms with E-state index < -0.39 is 0 Å². The maximum atomic E-state index is 12.2. The number of carbonyl (C=O) groups excluding carboxylic acids is 2. The fourth-order valence-electron chi connectivity index (χ4n) is 3.15. The second-order valence-electron chi connectivity index (χ2n) is 6.73. The van der Waals surface area contributed by atoms with Crippen LogP contribution in [0.4, 0.5) is 0 Å². The van der Waals surface area contributed by atoms with Crippen molar-refractivity contribution in [2.45, 2.75) is 27.2 Å². The molecule has 2 atom stereocenters. The van der Waals surface area contributed by atoms with Gasteiger partial charge >= 0.3 is 0 Å². The predicted molar refractivity (Wildman–Crippen MR) is 72.9 cm³/mol. The Morgan fingerprint density at radius 2 is 1.63 bits per heavy atom. The summed E-state index contributed by atoms with van der Waals surface area (Å²) in [6, 6.07) is 7.10. The van der Waals surface area contributed by atoms with Crippen molar-refractivity contribution >= 4 is 11.8 Å². The molecule has 0 spiro atoms. The Morgan fingerprint density at radius 1 is 1.11 bits per heavy atom. The summed E-state index contributed by atoms with van der Waals surface area (Å²) in [5.41, 5.74) is 1.38. The molecule has 19 heavy (non-hydrogen) atoms. The number of rotatable bonds is 2. The summed E-state index contributed by atoms with van der Waals surface area (Å²) in [6.45, 7) is 7.24. The molecule has 2 unspecified atom stereocenters. The number of hydrogen-bond acceptors (Lipinski definition) is 2. The number of fused-ring (bicyclic) bond motifs is 1. The van der Waals surface area contributed by atoms with Gasteiger partial charge in [0.25, 0.3) is 11.8 Å². The molecule has 2 aliphatic rings. The van der Waals surface area contributed by atoms with Crippen LogP contribution in [0.3, 0.4) is 0 Å². The van der Waals surface area contributed by atoms with Crippen molar-refractivity contribution in [3.05, 3.63) is 35.4 Å². The second-order valence-corrected chi connectivity index (χ2v) is 6.73. The average molecular weight is 257 g/mol. The number of hydrogen-bond donors (Lipinski definition) is 0. The molecule has 100 valence electrons. The molecule has 1 aliphatic carbocycles. The van der Waals surface area contributed by atoms with Gasteiger partial charge in [-0.1, -0.05) is 32.9 Å². The molecular weight excluding hydrogens is 238 g/mol. The topological polar surface area (TPSA) is 37.4 Å². The van der Waals surface area contributed by atoms with Gasteiger partial charge in [-0.15, -0.1) is 0 Å². The molecule has 0 bridgehead atoms. The van der Waals surface area contributed by atoms with E-state index in [2.05, 4.69) is 20.8 Å². The maximum Gasteiger partial charge on any atom is 0.261 e. The monoisotopic (exact) mass is 257 g/mol. The molecule has 1 aliphatic heterocycles. The Balaban J connectivity index is 1.76. The van der Waals surface area contributed by atoms with Crippen LogP contribution in [0, 0.1) is 17.3 Å². The Morgan fingerprint density at radius 3 is 2.05 bits per heavy atom. The summed E-state index contributed by atoms with van der Waals surface area (Å²) >= 11 is 0. The van der Waals surface area contributed by atoms with Crippen LogP contribution in [0.2, 0.25) is 0 Å². The number of carbonyl (C=O) groups is 2. The first kappa shape index (κ1) is 12.4. The number of nitrogens with zero attached hydrogens (tertiary/aromatic N) is 1. The van der Waals surface area contributed by atoms with E-state index in [0.717, 1.165) is 6.42 Å². The van der Waals surface area contributed by atoms with Crippen molar-refractivity contribution in [2.75, 3.05) is 6.54 Å². The van der Waals surface area contributed by atoms with Crippen molar-refractivity contribution in [2.24, 2.45) is 17.3 Å². The molecule has 1 heterocycles. The standard InChI is InChI=1S/C16H19NO2/c1-16(2,3)13-8-10(13)9-17-14(18)11-6-4-5-7-12(11)15(17)19/h4-7,10,13H,8-9H2,1-3H3. The van der Waals surface area contributed by atoms with E-state index in [-0.39, 0.29) is 17.2 Å². The lowest BCUT2D eigenvalue weighted by molar-refractivity contribution is 0.0640. The third-order valence-electron chi connectivity index (χ3n) is 4.33. The van der Waals surface area contributed by atoms with E-state index in [1.54, 1.807) is 12.1 Å². The zero-order valence-corrected chi connectivity index (χ0v) is 11.6. The number of amides is 2. The van der Waals surface area contributed by atoms with Crippen molar-refractivity contribution < 1.29 is 9.59 Å². The van der Waals surface area contributed by atoms with Crippen molar-refractivity contribution in [3.63, 3.8) is 0 Å². The first-order valence-corrected chi connectivity index (χ1v) is 6.85. The molecule has 0 N–H and O–H groups in total. The molecule has 0 aromatic heterocycles. The molecule has 1 saturated carbocycles. The van der Waals surface area contributed by atoms with Crippen LogP contribution in [0.1, 0.15) is 47.9 Å². The van der Waals surface area contributed by atoms with Gasteiger partial charge < -0.3 is 0 Å². The van der Waals surface area contributed by atoms with E-state index >= 15 is 0 Å². The van der Waals surface area contributed by atoms with Crippen molar-refractivity contribution in [1.29, 1.82) is 0 Å². The zero-order valence-electron chi connectivity index (χ0n) is 11.6. The highest BCUT2D eigenvalue weighted by Crippen LogP contribution is 2.51. The molecular formula is C16H19NO2. The highest BCUT2D eigenvalue weighted by Gasteiger charge is 2.48. The normalized spacial score (nSPS) is 25.7. The third kappa shape index (κ3) is 1.97. The molecule has 1 aromatic carbocycles. The Kier molecular flexibility index (Phi) is 2.56. The lowest BCUT2D eigenvalue weighted by Gasteiger charge is -2.20. The van der Waals surface area contributed by atoms with Crippen LogP contribution in [-0.2, 0) is 0 Å². The van der Waals surface area contributed by atoms with Gasteiger partial charge in [-0.2, -0.15) is 0 Å². The van der Waals surface area contributed by atoms with Crippen LogP contribution in [-0.4, -0.2) is 23.3 Å². The summed E-state index contributed by atoms with van der Waals surface area (Å²) in [5, 5.41) is 0. The van der Waals surface area contributed by atoms with Crippen LogP contribution in [0.15, 0.2) is 24.3 Å². The molecule has 1 aromatic rings. The fourth-order valence-corrected chi connectivity index (χ4v) is 3.15. The quantitative estimate of drug-likeness (QED) is 0.764. The second kappa shape index (κ2) is 3.92. The van der Waals surface area contributed by atoms with Gasteiger partial charge in [-0.05, 0) is 35.8 Å². The number of imide groups is 1. The Labute approximate surface area is 113 Å². The van der Waals surface area contributed by atoms with Gasteiger partial charge in [-0.3, -0.25) is 14.5 Å². The van der Waals surface area contributed by atoms with E-state index in [1.807, 2.05) is 12.1 Å². The zero-order chi connectivity index (χ0) is 13.8. The minimum absolute atomic E-state index is 0.125. The van der Waals surface area contributed by atoms with Crippen LogP contribution < -0.4 is 0 Å². The Bertz CT molecular complexity index is 521. The molecule has 3 heteroatoms. The Hall–Kier alpha value is -1.64. The van der Waals surface area contributed by atoms with Gasteiger partial charge in [0.15, 0.2) is 0 Å². The summed E-state index contributed by atoms with van der Waals surface area (Å²) in [6.07, 6.45) is 1.12. The van der Waals surface area contributed by atoms with Crippen LogP contribution >= 0.6 is 0 Å². The first-order valence-electron chi connectivity index (χ1n) is 6.85. The predicted octanol–water partition coefficient (Wildman–Crippen LogP) is 2.96. The summed E-state index contributed by atoms with van der Waals surface area (Å²) < 4.78 is 0.